The minimum atomic E-state index is 0.386. The van der Waals surface area contributed by atoms with Gasteiger partial charge < -0.3 is 9.47 Å². The Balaban J connectivity index is 2.75. The Morgan fingerprint density at radius 2 is 1.12 bits per heavy atom. The van der Waals surface area contributed by atoms with Crippen LogP contribution in [0.3, 0.4) is 0 Å². The van der Waals surface area contributed by atoms with Gasteiger partial charge in [-0.1, -0.05) is 79.6 Å². The molecule has 2 heteroatoms. The maximum atomic E-state index is 6.12. The Labute approximate surface area is 250 Å². The fourth-order valence-corrected chi connectivity index (χ4v) is 6.67. The molecule has 1 aliphatic heterocycles. The molecule has 0 spiro atoms. The second-order valence-electron chi connectivity index (χ2n) is 13.3. The third kappa shape index (κ3) is 19.6. The predicted octanol–water partition coefficient (Wildman–Crippen LogP) is 9.96. The maximum absolute atomic E-state index is 6.12. The second-order valence-corrected chi connectivity index (χ2v) is 13.3. The summed E-state index contributed by atoms with van der Waals surface area (Å²) in [7, 11) is 0. The number of hydrogen-bond acceptors (Lipinski definition) is 2. The zero-order valence-electron chi connectivity index (χ0n) is 27.4. The fourth-order valence-electron chi connectivity index (χ4n) is 6.67. The molecule has 2 nitrogen and oxygen atoms in total. The van der Waals surface area contributed by atoms with Crippen molar-refractivity contribution in [1.29, 1.82) is 0 Å². The number of terminal acetylenes is 1. The van der Waals surface area contributed by atoms with E-state index in [-0.39, 0.29) is 0 Å². The number of hydrogen-bond donors (Lipinski definition) is 0. The van der Waals surface area contributed by atoms with E-state index in [1.54, 1.807) is 0 Å². The summed E-state index contributed by atoms with van der Waals surface area (Å²) in [6, 6.07) is 0. The van der Waals surface area contributed by atoms with Crippen molar-refractivity contribution in [2.45, 2.75) is 138 Å². The predicted molar refractivity (Wildman–Crippen MR) is 174 cm³/mol. The molecule has 7 unspecified atom stereocenters. The van der Waals surface area contributed by atoms with Crippen LogP contribution in [0, 0.1) is 77.5 Å². The van der Waals surface area contributed by atoms with E-state index in [9.17, 15) is 0 Å². The lowest BCUT2D eigenvalue weighted by atomic mass is 9.82. The second kappa shape index (κ2) is 24.2. The highest BCUT2D eigenvalue weighted by Crippen LogP contribution is 2.29. The molecule has 0 aliphatic carbocycles. The van der Waals surface area contributed by atoms with Gasteiger partial charge in [0.1, 0.15) is 0 Å². The monoisotopic (exact) mass is 552 g/mol. The van der Waals surface area contributed by atoms with Crippen molar-refractivity contribution in [3.63, 3.8) is 0 Å². The Bertz CT molecular complexity index is 771. The summed E-state index contributed by atoms with van der Waals surface area (Å²) >= 11 is 0. The van der Waals surface area contributed by atoms with E-state index in [0.717, 1.165) is 69.4 Å². The first-order chi connectivity index (χ1) is 19.4. The lowest BCUT2D eigenvalue weighted by molar-refractivity contribution is 0.108. The van der Waals surface area contributed by atoms with Crippen molar-refractivity contribution in [1.82, 2.24) is 0 Å². The van der Waals surface area contributed by atoms with Crippen molar-refractivity contribution in [2.75, 3.05) is 26.4 Å². The van der Waals surface area contributed by atoms with E-state index in [4.69, 9.17) is 15.9 Å². The molecule has 0 amide bonds. The Morgan fingerprint density at radius 3 is 1.80 bits per heavy atom. The average molecular weight is 553 g/mol. The van der Waals surface area contributed by atoms with E-state index in [2.05, 4.69) is 71.1 Å². The minimum absolute atomic E-state index is 0.386. The van der Waals surface area contributed by atoms with Gasteiger partial charge >= 0.3 is 0 Å². The summed E-state index contributed by atoms with van der Waals surface area (Å²) in [4.78, 5) is 0. The van der Waals surface area contributed by atoms with Crippen LogP contribution in [0.15, 0.2) is 0 Å². The van der Waals surface area contributed by atoms with Crippen molar-refractivity contribution in [3.05, 3.63) is 0 Å². The van der Waals surface area contributed by atoms with Crippen LogP contribution in [0.4, 0.5) is 0 Å². The van der Waals surface area contributed by atoms with Crippen LogP contribution in [0.1, 0.15) is 138 Å². The Morgan fingerprint density at radius 1 is 0.550 bits per heavy atom. The van der Waals surface area contributed by atoms with Crippen LogP contribution in [0.2, 0.25) is 0 Å². The van der Waals surface area contributed by atoms with Crippen molar-refractivity contribution in [3.8, 4) is 36.0 Å². The standard InChI is InChI=1S/C38H64O2/c1-8-11-12-13-19-38-30-35(7)29-33(5)18-15-24-39-26-22-34(6)28-32(4)17-14-20-36(9-2)23-27-40-25-16-21-37(10-3)31-38/h1,32-38H,9-10,14-18,20-31H2,2-7H3. The third-order valence-corrected chi connectivity index (χ3v) is 9.16. The summed E-state index contributed by atoms with van der Waals surface area (Å²) in [5.41, 5.74) is 0. The van der Waals surface area contributed by atoms with Gasteiger partial charge in [0.2, 0.25) is 0 Å². The minimum Gasteiger partial charge on any atom is -0.381 e. The fraction of sp³-hybridized carbons (Fsp3) is 0.842. The highest BCUT2D eigenvalue weighted by Gasteiger charge is 2.19. The van der Waals surface area contributed by atoms with Gasteiger partial charge in [0, 0.05) is 32.3 Å². The van der Waals surface area contributed by atoms with Crippen LogP contribution >= 0.6 is 0 Å². The van der Waals surface area contributed by atoms with Crippen LogP contribution in [0.25, 0.3) is 0 Å². The largest absolute Gasteiger partial charge is 0.381 e. The molecule has 0 N–H and O–H groups in total. The zero-order valence-corrected chi connectivity index (χ0v) is 27.4. The maximum Gasteiger partial charge on any atom is 0.0468 e. The van der Waals surface area contributed by atoms with Gasteiger partial charge in [-0.25, -0.2) is 0 Å². The molecule has 0 saturated carbocycles. The lowest BCUT2D eigenvalue weighted by Crippen LogP contribution is -2.14. The van der Waals surface area contributed by atoms with Crippen molar-refractivity contribution >= 4 is 0 Å². The van der Waals surface area contributed by atoms with Gasteiger partial charge in [-0.15, -0.1) is 6.42 Å². The third-order valence-electron chi connectivity index (χ3n) is 9.16. The van der Waals surface area contributed by atoms with E-state index in [0.29, 0.717) is 17.8 Å². The molecular formula is C38H64O2. The lowest BCUT2D eigenvalue weighted by Gasteiger charge is -2.24. The van der Waals surface area contributed by atoms with E-state index >= 15 is 0 Å². The van der Waals surface area contributed by atoms with Gasteiger partial charge in [0.25, 0.3) is 0 Å². The average Bonchev–Trinajstić information content (AvgIpc) is 2.92. The Hall–Kier alpha value is -1.40. The van der Waals surface area contributed by atoms with Gasteiger partial charge in [-0.3, -0.25) is 0 Å². The van der Waals surface area contributed by atoms with E-state index < -0.39 is 0 Å². The molecule has 0 aromatic carbocycles. The topological polar surface area (TPSA) is 18.5 Å². The summed E-state index contributed by atoms with van der Waals surface area (Å²) in [5.74, 6) is 19.3. The highest BCUT2D eigenvalue weighted by atomic mass is 16.5. The molecule has 0 aromatic rings. The van der Waals surface area contributed by atoms with E-state index in [1.807, 2.05) is 0 Å². The van der Waals surface area contributed by atoms with Gasteiger partial charge in [0.05, 0.1) is 0 Å². The molecule has 0 bridgehead atoms. The number of rotatable bonds is 2. The molecule has 40 heavy (non-hydrogen) atoms. The molecule has 0 radical (unpaired) electrons. The molecule has 228 valence electrons. The van der Waals surface area contributed by atoms with Gasteiger partial charge in [0.15, 0.2) is 0 Å². The van der Waals surface area contributed by atoms with Crippen molar-refractivity contribution < 1.29 is 9.47 Å². The van der Waals surface area contributed by atoms with Crippen molar-refractivity contribution in [2.24, 2.45) is 41.4 Å². The highest BCUT2D eigenvalue weighted by molar-refractivity contribution is 5.34. The normalized spacial score (nSPS) is 31.9. The molecule has 7 atom stereocenters. The van der Waals surface area contributed by atoms with Gasteiger partial charge in [-0.05, 0) is 123 Å². The zero-order chi connectivity index (χ0) is 29.4. The first-order valence-corrected chi connectivity index (χ1v) is 17.0. The van der Waals surface area contributed by atoms with Crippen LogP contribution in [-0.2, 0) is 9.47 Å². The summed E-state index contributed by atoms with van der Waals surface area (Å²) in [5, 5.41) is 0. The summed E-state index contributed by atoms with van der Waals surface area (Å²) in [6.45, 7) is 18.0. The first kappa shape index (κ1) is 36.6. The molecule has 1 aliphatic rings. The molecule has 1 fully saturated rings. The van der Waals surface area contributed by atoms with Crippen LogP contribution in [-0.4, -0.2) is 26.4 Å². The Kier molecular flexibility index (Phi) is 22.2. The van der Waals surface area contributed by atoms with Gasteiger partial charge in [-0.2, -0.15) is 0 Å². The summed E-state index contributed by atoms with van der Waals surface area (Å²) < 4.78 is 12.2. The molecular weight excluding hydrogens is 488 g/mol. The van der Waals surface area contributed by atoms with Crippen LogP contribution in [0.5, 0.6) is 0 Å². The molecule has 0 aromatic heterocycles. The molecule has 1 saturated heterocycles. The number of ether oxygens (including phenoxy) is 2. The smallest absolute Gasteiger partial charge is 0.0468 e. The quantitative estimate of drug-likeness (QED) is 0.317. The van der Waals surface area contributed by atoms with E-state index in [1.165, 1.54) is 77.0 Å². The molecule has 1 heterocycles. The first-order valence-electron chi connectivity index (χ1n) is 17.0. The molecule has 1 rings (SSSR count). The summed E-state index contributed by atoms with van der Waals surface area (Å²) in [6.07, 6.45) is 23.9. The SMILES string of the molecule is C#CC#CC#CC1CC(C)CC(C)CCCOCCC(C)CC(C)CCCC(CC)CCOCCCC(CC)C1. The van der Waals surface area contributed by atoms with Crippen LogP contribution < -0.4 is 0 Å².